The van der Waals surface area contributed by atoms with Crippen LogP contribution in [0.3, 0.4) is 0 Å². The number of nitrogens with one attached hydrogen (secondary N) is 1. The van der Waals surface area contributed by atoms with Gasteiger partial charge in [0, 0.05) is 21.9 Å². The largest absolute Gasteiger partial charge is 0.366 e. The van der Waals surface area contributed by atoms with Crippen molar-refractivity contribution in [2.75, 3.05) is 5.32 Å². The van der Waals surface area contributed by atoms with E-state index in [0.717, 1.165) is 17.9 Å². The minimum Gasteiger partial charge on any atom is -0.366 e. The Hall–Kier alpha value is -0.880. The van der Waals surface area contributed by atoms with Gasteiger partial charge in [0.25, 0.3) is 0 Å². The summed E-state index contributed by atoms with van der Waals surface area (Å²) in [5, 5.41) is 3.52. The summed E-state index contributed by atoms with van der Waals surface area (Å²) >= 11 is 8.04. The van der Waals surface area contributed by atoms with Crippen LogP contribution in [0.1, 0.15) is 11.1 Å². The standard InChI is InChI=1S/C12H11ClIN3/c1-8-6-16-12(13)17-11(8)15-7-9-2-4-10(14)5-3-9/h2-6H,7H2,1H3,(H,15,16,17). The maximum atomic E-state index is 5.76. The number of aryl methyl sites for hydroxylation is 1. The molecular weight excluding hydrogens is 349 g/mol. The van der Waals surface area contributed by atoms with Crippen molar-refractivity contribution in [1.82, 2.24) is 9.97 Å². The van der Waals surface area contributed by atoms with Crippen molar-refractivity contribution >= 4 is 40.0 Å². The molecule has 2 aromatic rings. The van der Waals surface area contributed by atoms with Crippen molar-refractivity contribution in [2.45, 2.75) is 13.5 Å². The van der Waals surface area contributed by atoms with E-state index in [9.17, 15) is 0 Å². The first-order chi connectivity index (χ1) is 8.15. The first-order valence-corrected chi connectivity index (χ1v) is 6.58. The molecule has 3 nitrogen and oxygen atoms in total. The van der Waals surface area contributed by atoms with Crippen LogP contribution in [0.25, 0.3) is 0 Å². The molecule has 0 saturated carbocycles. The molecule has 17 heavy (non-hydrogen) atoms. The quantitative estimate of drug-likeness (QED) is 0.671. The molecule has 0 amide bonds. The fourth-order valence-corrected chi connectivity index (χ4v) is 1.88. The molecule has 0 radical (unpaired) electrons. The third-order valence-corrected chi connectivity index (χ3v) is 3.22. The van der Waals surface area contributed by atoms with E-state index in [2.05, 4.69) is 62.1 Å². The number of hydrogen-bond acceptors (Lipinski definition) is 3. The highest BCUT2D eigenvalue weighted by molar-refractivity contribution is 14.1. The van der Waals surface area contributed by atoms with Crippen LogP contribution in [0.5, 0.6) is 0 Å². The van der Waals surface area contributed by atoms with E-state index >= 15 is 0 Å². The highest BCUT2D eigenvalue weighted by Gasteiger charge is 2.01. The second-order valence-electron chi connectivity index (χ2n) is 3.65. The van der Waals surface area contributed by atoms with Gasteiger partial charge in [0.2, 0.25) is 5.28 Å². The van der Waals surface area contributed by atoms with Crippen molar-refractivity contribution in [3.05, 3.63) is 50.4 Å². The topological polar surface area (TPSA) is 37.8 Å². The molecule has 0 bridgehead atoms. The number of aromatic nitrogens is 2. The first kappa shape index (κ1) is 12.6. The smallest absolute Gasteiger partial charge is 0.224 e. The van der Waals surface area contributed by atoms with E-state index in [-0.39, 0.29) is 5.28 Å². The fourth-order valence-electron chi connectivity index (χ4n) is 1.39. The summed E-state index contributed by atoms with van der Waals surface area (Å²) in [5.74, 6) is 0.781. The van der Waals surface area contributed by atoms with Crippen molar-refractivity contribution < 1.29 is 0 Å². The maximum absolute atomic E-state index is 5.76. The molecule has 0 fully saturated rings. The van der Waals surface area contributed by atoms with E-state index in [4.69, 9.17) is 11.6 Å². The summed E-state index contributed by atoms with van der Waals surface area (Å²) in [6, 6.07) is 8.34. The number of anilines is 1. The zero-order valence-corrected chi connectivity index (χ0v) is 12.2. The number of hydrogen-bond donors (Lipinski definition) is 1. The number of nitrogens with zero attached hydrogens (tertiary/aromatic N) is 2. The van der Waals surface area contributed by atoms with E-state index in [1.807, 2.05) is 6.92 Å². The molecule has 2 rings (SSSR count). The van der Waals surface area contributed by atoms with Gasteiger partial charge < -0.3 is 5.32 Å². The Bertz CT molecular complexity index is 514. The van der Waals surface area contributed by atoms with Gasteiger partial charge in [-0.3, -0.25) is 0 Å². The lowest BCUT2D eigenvalue weighted by Gasteiger charge is -2.08. The monoisotopic (exact) mass is 359 g/mol. The molecule has 1 aromatic carbocycles. The second-order valence-corrected chi connectivity index (χ2v) is 5.23. The van der Waals surface area contributed by atoms with Crippen LogP contribution >= 0.6 is 34.2 Å². The number of halogens is 2. The van der Waals surface area contributed by atoms with Crippen molar-refractivity contribution in [3.8, 4) is 0 Å². The van der Waals surface area contributed by atoms with E-state index in [1.165, 1.54) is 9.13 Å². The third-order valence-electron chi connectivity index (χ3n) is 2.32. The average molecular weight is 360 g/mol. The van der Waals surface area contributed by atoms with Gasteiger partial charge >= 0.3 is 0 Å². The molecule has 0 aliphatic heterocycles. The SMILES string of the molecule is Cc1cnc(Cl)nc1NCc1ccc(I)cc1. The summed E-state index contributed by atoms with van der Waals surface area (Å²) in [6.45, 7) is 2.68. The Kier molecular flexibility index (Phi) is 4.17. The molecule has 0 unspecified atom stereocenters. The molecule has 88 valence electrons. The predicted octanol–water partition coefficient (Wildman–Crippen LogP) is 3.66. The maximum Gasteiger partial charge on any atom is 0.224 e. The molecule has 0 aliphatic rings. The molecule has 0 aliphatic carbocycles. The van der Waals surface area contributed by atoms with Gasteiger partial charge in [0.1, 0.15) is 5.82 Å². The van der Waals surface area contributed by atoms with Gasteiger partial charge in [-0.2, -0.15) is 0 Å². The van der Waals surface area contributed by atoms with Crippen LogP contribution in [0.15, 0.2) is 30.5 Å². The molecule has 1 heterocycles. The van der Waals surface area contributed by atoms with Crippen LogP contribution in [0.4, 0.5) is 5.82 Å². The lowest BCUT2D eigenvalue weighted by molar-refractivity contribution is 1.06. The Morgan fingerprint density at radius 3 is 2.71 bits per heavy atom. The Labute approximate surface area is 119 Å². The van der Waals surface area contributed by atoms with Crippen molar-refractivity contribution in [1.29, 1.82) is 0 Å². The minimum absolute atomic E-state index is 0.265. The molecule has 0 spiro atoms. The van der Waals surface area contributed by atoms with Gasteiger partial charge in [-0.05, 0) is 58.8 Å². The highest BCUT2D eigenvalue weighted by Crippen LogP contribution is 2.14. The zero-order valence-electron chi connectivity index (χ0n) is 9.24. The van der Waals surface area contributed by atoms with Crippen LogP contribution in [-0.4, -0.2) is 9.97 Å². The lowest BCUT2D eigenvalue weighted by atomic mass is 10.2. The molecule has 1 N–H and O–H groups in total. The van der Waals surface area contributed by atoms with Gasteiger partial charge in [0.15, 0.2) is 0 Å². The normalized spacial score (nSPS) is 10.3. The molecular formula is C12H11ClIN3. The number of benzene rings is 1. The van der Waals surface area contributed by atoms with Crippen LogP contribution < -0.4 is 5.32 Å². The Balaban J connectivity index is 2.07. The Morgan fingerprint density at radius 1 is 1.29 bits per heavy atom. The van der Waals surface area contributed by atoms with Gasteiger partial charge in [-0.25, -0.2) is 9.97 Å². The highest BCUT2D eigenvalue weighted by atomic mass is 127. The van der Waals surface area contributed by atoms with E-state index < -0.39 is 0 Å². The lowest BCUT2D eigenvalue weighted by Crippen LogP contribution is -2.04. The summed E-state index contributed by atoms with van der Waals surface area (Å²) in [7, 11) is 0. The summed E-state index contributed by atoms with van der Waals surface area (Å²) < 4.78 is 1.23. The molecule has 0 atom stereocenters. The van der Waals surface area contributed by atoms with Gasteiger partial charge in [-0.1, -0.05) is 12.1 Å². The zero-order chi connectivity index (χ0) is 12.3. The van der Waals surface area contributed by atoms with Gasteiger partial charge in [-0.15, -0.1) is 0 Å². The Morgan fingerprint density at radius 2 is 2.00 bits per heavy atom. The summed E-state index contributed by atoms with van der Waals surface area (Å²) in [5.41, 5.74) is 2.19. The van der Waals surface area contributed by atoms with Crippen molar-refractivity contribution in [3.63, 3.8) is 0 Å². The first-order valence-electron chi connectivity index (χ1n) is 5.12. The van der Waals surface area contributed by atoms with Crippen molar-refractivity contribution in [2.24, 2.45) is 0 Å². The predicted molar refractivity (Wildman–Crippen MR) is 78.3 cm³/mol. The van der Waals surface area contributed by atoms with E-state index in [1.54, 1.807) is 6.20 Å². The summed E-state index contributed by atoms with van der Waals surface area (Å²) in [4.78, 5) is 8.07. The molecule has 5 heteroatoms. The number of rotatable bonds is 3. The van der Waals surface area contributed by atoms with Crippen LogP contribution in [0, 0.1) is 10.5 Å². The third kappa shape index (κ3) is 3.54. The van der Waals surface area contributed by atoms with Crippen LogP contribution in [0.2, 0.25) is 5.28 Å². The molecule has 1 aromatic heterocycles. The van der Waals surface area contributed by atoms with Crippen LogP contribution in [-0.2, 0) is 6.54 Å². The average Bonchev–Trinajstić information content (AvgIpc) is 2.32. The van der Waals surface area contributed by atoms with E-state index in [0.29, 0.717) is 0 Å². The summed E-state index contributed by atoms with van der Waals surface area (Å²) in [6.07, 6.45) is 1.71. The minimum atomic E-state index is 0.265. The second kappa shape index (κ2) is 5.64. The van der Waals surface area contributed by atoms with Gasteiger partial charge in [0.05, 0.1) is 0 Å². The fraction of sp³-hybridized carbons (Fsp3) is 0.167. The molecule has 0 saturated heterocycles.